The summed E-state index contributed by atoms with van der Waals surface area (Å²) in [5, 5.41) is 0. The Morgan fingerprint density at radius 1 is 0.688 bits per heavy atom. The third-order valence-electron chi connectivity index (χ3n) is 2.89. The van der Waals surface area contributed by atoms with Crippen molar-refractivity contribution in [3.8, 4) is 0 Å². The van der Waals surface area contributed by atoms with Crippen molar-refractivity contribution < 1.29 is 4.74 Å². The van der Waals surface area contributed by atoms with Crippen LogP contribution in [0.4, 0.5) is 0 Å². The van der Waals surface area contributed by atoms with Gasteiger partial charge in [0.25, 0.3) is 0 Å². The Kier molecular flexibility index (Phi) is 14.8. The van der Waals surface area contributed by atoms with Crippen molar-refractivity contribution in [1.29, 1.82) is 0 Å². The molecule has 16 heavy (non-hydrogen) atoms. The average Bonchev–Trinajstić information content (AvgIpc) is 2.31. The number of ether oxygens (including phenoxy) is 1. The first-order valence-corrected chi connectivity index (χ1v) is 7.19. The van der Waals surface area contributed by atoms with Crippen LogP contribution in [0.3, 0.4) is 0 Å². The number of nitrogens with two attached hydrogens (primary N) is 1. The monoisotopic (exact) mass is 229 g/mol. The first-order valence-electron chi connectivity index (χ1n) is 7.19. The molecule has 0 rings (SSSR count). The zero-order valence-electron chi connectivity index (χ0n) is 11.2. The van der Waals surface area contributed by atoms with Gasteiger partial charge < -0.3 is 10.5 Å². The number of hydrogen-bond acceptors (Lipinski definition) is 2. The molecule has 0 aromatic carbocycles. The van der Waals surface area contributed by atoms with Gasteiger partial charge in [0.05, 0.1) is 0 Å². The van der Waals surface area contributed by atoms with Gasteiger partial charge in [0, 0.05) is 13.2 Å². The van der Waals surface area contributed by atoms with Crippen LogP contribution < -0.4 is 5.73 Å². The maximum atomic E-state index is 5.45. The third kappa shape index (κ3) is 13.9. The van der Waals surface area contributed by atoms with Crippen LogP contribution in [0.5, 0.6) is 0 Å². The molecule has 2 N–H and O–H groups in total. The smallest absolute Gasteiger partial charge is 0.0478 e. The molecule has 0 atom stereocenters. The Morgan fingerprint density at radius 2 is 1.19 bits per heavy atom. The van der Waals surface area contributed by atoms with Gasteiger partial charge in [0.1, 0.15) is 0 Å². The predicted octanol–water partition coefficient (Wildman–Crippen LogP) is 3.88. The van der Waals surface area contributed by atoms with E-state index in [0.717, 1.165) is 26.2 Å². The number of unbranched alkanes of at least 4 members (excludes halogenated alkanes) is 8. The first-order chi connectivity index (χ1) is 7.91. The summed E-state index contributed by atoms with van der Waals surface area (Å²) in [4.78, 5) is 0. The molecule has 0 bridgehead atoms. The number of hydrogen-bond donors (Lipinski definition) is 1. The molecular weight excluding hydrogens is 198 g/mol. The fraction of sp³-hybridized carbons (Fsp3) is 1.00. The molecule has 0 unspecified atom stereocenters. The molecule has 0 spiro atoms. The van der Waals surface area contributed by atoms with Crippen molar-refractivity contribution in [2.75, 3.05) is 19.8 Å². The van der Waals surface area contributed by atoms with Crippen molar-refractivity contribution in [3.63, 3.8) is 0 Å². The highest BCUT2D eigenvalue weighted by Crippen LogP contribution is 2.09. The van der Waals surface area contributed by atoms with Crippen LogP contribution in [-0.4, -0.2) is 19.8 Å². The van der Waals surface area contributed by atoms with Gasteiger partial charge in [-0.2, -0.15) is 0 Å². The Bertz CT molecular complexity index is 103. The molecule has 0 aliphatic heterocycles. The molecule has 2 nitrogen and oxygen atoms in total. The van der Waals surface area contributed by atoms with Crippen LogP contribution in [0, 0.1) is 0 Å². The van der Waals surface area contributed by atoms with Crippen LogP contribution in [0.1, 0.15) is 71.1 Å². The zero-order valence-corrected chi connectivity index (χ0v) is 11.2. The van der Waals surface area contributed by atoms with Gasteiger partial charge in [-0.3, -0.25) is 0 Å². The number of rotatable bonds is 13. The minimum atomic E-state index is 0.748. The fourth-order valence-electron chi connectivity index (χ4n) is 1.80. The maximum absolute atomic E-state index is 5.45. The summed E-state index contributed by atoms with van der Waals surface area (Å²) in [7, 11) is 0. The van der Waals surface area contributed by atoms with E-state index in [1.165, 1.54) is 57.8 Å². The van der Waals surface area contributed by atoms with Crippen LogP contribution in [0.15, 0.2) is 0 Å². The molecule has 0 aromatic heterocycles. The van der Waals surface area contributed by atoms with Crippen molar-refractivity contribution in [2.24, 2.45) is 5.73 Å². The van der Waals surface area contributed by atoms with E-state index >= 15 is 0 Å². The van der Waals surface area contributed by atoms with Gasteiger partial charge in [-0.1, -0.05) is 58.3 Å². The lowest BCUT2D eigenvalue weighted by Gasteiger charge is -2.03. The van der Waals surface area contributed by atoms with Crippen molar-refractivity contribution in [3.05, 3.63) is 0 Å². The van der Waals surface area contributed by atoms with E-state index in [9.17, 15) is 0 Å². The lowest BCUT2D eigenvalue weighted by molar-refractivity contribution is 0.129. The highest BCUT2D eigenvalue weighted by molar-refractivity contribution is 4.46. The summed E-state index contributed by atoms with van der Waals surface area (Å²) >= 11 is 0. The van der Waals surface area contributed by atoms with E-state index in [-0.39, 0.29) is 0 Å². The van der Waals surface area contributed by atoms with Gasteiger partial charge >= 0.3 is 0 Å². The van der Waals surface area contributed by atoms with E-state index in [1.807, 2.05) is 0 Å². The summed E-state index contributed by atoms with van der Waals surface area (Å²) in [6.45, 7) is 4.78. The minimum Gasteiger partial charge on any atom is -0.381 e. The molecule has 0 saturated carbocycles. The second-order valence-corrected chi connectivity index (χ2v) is 4.58. The standard InChI is InChI=1S/C14H31NO/c1-2-3-4-5-6-7-8-9-10-13-16-14-11-12-15/h2-15H2,1H3. The average molecular weight is 229 g/mol. The van der Waals surface area contributed by atoms with Crippen LogP contribution in [-0.2, 0) is 4.74 Å². The summed E-state index contributed by atoms with van der Waals surface area (Å²) in [5.74, 6) is 0. The second kappa shape index (κ2) is 14.9. The van der Waals surface area contributed by atoms with Crippen LogP contribution in [0.2, 0.25) is 0 Å². The highest BCUT2D eigenvalue weighted by atomic mass is 16.5. The molecule has 0 heterocycles. The third-order valence-corrected chi connectivity index (χ3v) is 2.89. The molecule has 0 fully saturated rings. The van der Waals surface area contributed by atoms with Gasteiger partial charge in [-0.15, -0.1) is 0 Å². The van der Waals surface area contributed by atoms with E-state index in [0.29, 0.717) is 0 Å². The van der Waals surface area contributed by atoms with Gasteiger partial charge in [-0.05, 0) is 19.4 Å². The van der Waals surface area contributed by atoms with Crippen molar-refractivity contribution in [2.45, 2.75) is 71.1 Å². The summed E-state index contributed by atoms with van der Waals surface area (Å²) in [5.41, 5.74) is 5.38. The molecule has 0 aliphatic carbocycles. The quantitative estimate of drug-likeness (QED) is 0.486. The Balaban J connectivity index is 2.83. The van der Waals surface area contributed by atoms with Crippen LogP contribution in [0.25, 0.3) is 0 Å². The molecule has 0 aliphatic rings. The molecule has 0 radical (unpaired) electrons. The summed E-state index contributed by atoms with van der Waals surface area (Å²) in [6.07, 6.45) is 13.4. The van der Waals surface area contributed by atoms with Crippen molar-refractivity contribution >= 4 is 0 Å². The second-order valence-electron chi connectivity index (χ2n) is 4.58. The molecule has 98 valence electrons. The lowest BCUT2D eigenvalue weighted by Crippen LogP contribution is -2.04. The van der Waals surface area contributed by atoms with E-state index < -0.39 is 0 Å². The summed E-state index contributed by atoms with van der Waals surface area (Å²) in [6, 6.07) is 0. The molecule has 0 amide bonds. The van der Waals surface area contributed by atoms with Gasteiger partial charge in [-0.25, -0.2) is 0 Å². The molecular formula is C14H31NO. The fourth-order valence-corrected chi connectivity index (χ4v) is 1.80. The topological polar surface area (TPSA) is 35.2 Å². The Labute approximate surface area is 102 Å². The largest absolute Gasteiger partial charge is 0.381 e. The summed E-state index contributed by atoms with van der Waals surface area (Å²) < 4.78 is 5.45. The van der Waals surface area contributed by atoms with Crippen molar-refractivity contribution in [1.82, 2.24) is 0 Å². The lowest BCUT2D eigenvalue weighted by atomic mass is 10.1. The Morgan fingerprint density at radius 3 is 1.75 bits per heavy atom. The highest BCUT2D eigenvalue weighted by Gasteiger charge is 1.92. The first kappa shape index (κ1) is 15.9. The molecule has 0 aromatic rings. The SMILES string of the molecule is CCCCCCCCCCCOCCCN. The van der Waals surface area contributed by atoms with E-state index in [2.05, 4.69) is 6.92 Å². The minimum absolute atomic E-state index is 0.748. The molecule has 0 saturated heterocycles. The van der Waals surface area contributed by atoms with Gasteiger partial charge in [0.15, 0.2) is 0 Å². The Hall–Kier alpha value is -0.0800. The van der Waals surface area contributed by atoms with Crippen LogP contribution >= 0.6 is 0 Å². The van der Waals surface area contributed by atoms with E-state index in [4.69, 9.17) is 10.5 Å². The zero-order chi connectivity index (χ0) is 11.9. The normalized spacial score (nSPS) is 10.9. The van der Waals surface area contributed by atoms with Gasteiger partial charge in [0.2, 0.25) is 0 Å². The van der Waals surface area contributed by atoms with E-state index in [1.54, 1.807) is 0 Å². The maximum Gasteiger partial charge on any atom is 0.0478 e. The molecule has 2 heteroatoms. The predicted molar refractivity (Wildman–Crippen MR) is 71.7 cm³/mol.